The Morgan fingerprint density at radius 1 is 1.15 bits per heavy atom. The average molecular weight is 495 g/mol. The van der Waals surface area contributed by atoms with E-state index in [1.54, 1.807) is 36.5 Å². The van der Waals surface area contributed by atoms with E-state index in [0.717, 1.165) is 5.56 Å². The van der Waals surface area contributed by atoms with Gasteiger partial charge in [0.05, 0.1) is 5.69 Å². The number of nitrogen functional groups attached to an aromatic ring is 1. The maximum atomic E-state index is 12.7. The lowest BCUT2D eigenvalue weighted by atomic mass is 9.98. The fourth-order valence-electron chi connectivity index (χ4n) is 3.05. The molecule has 8 nitrogen and oxygen atoms in total. The quantitative estimate of drug-likeness (QED) is 0.437. The van der Waals surface area contributed by atoms with Crippen LogP contribution in [0.5, 0.6) is 5.75 Å². The Balaban J connectivity index is 0.00000408. The molecule has 3 rings (SSSR count). The molecule has 12 heteroatoms. The first-order chi connectivity index (χ1) is 15.7. The van der Waals surface area contributed by atoms with Gasteiger partial charge in [0.1, 0.15) is 23.7 Å². The van der Waals surface area contributed by atoms with E-state index in [9.17, 15) is 18.0 Å². The highest BCUT2D eigenvalue weighted by Gasteiger charge is 2.29. The molecular weight excluding hydrogens is 469 g/mol. The monoisotopic (exact) mass is 494 g/mol. The summed E-state index contributed by atoms with van der Waals surface area (Å²) in [5.41, 5.74) is 7.74. The third-order valence-corrected chi connectivity index (χ3v) is 4.76. The number of nitrogens with two attached hydrogens (primary N) is 1. The first-order valence-corrected chi connectivity index (χ1v) is 9.99. The predicted octanol–water partition coefficient (Wildman–Crippen LogP) is 3.75. The third-order valence-electron chi connectivity index (χ3n) is 4.76. The van der Waals surface area contributed by atoms with Crippen molar-refractivity contribution in [3.8, 4) is 17.0 Å². The number of carbonyl (C=O) groups excluding carboxylic acids is 1. The number of benzene rings is 1. The summed E-state index contributed by atoms with van der Waals surface area (Å²) in [6.45, 7) is 0.717. The Hall–Kier alpha value is -3.54. The van der Waals surface area contributed by atoms with Gasteiger partial charge in [0.25, 0.3) is 5.91 Å². The number of ether oxygens (including phenoxy) is 1. The summed E-state index contributed by atoms with van der Waals surface area (Å²) in [4.78, 5) is 24.4. The summed E-state index contributed by atoms with van der Waals surface area (Å²) in [6.07, 6.45) is -1.51. The lowest BCUT2D eigenvalue weighted by molar-refractivity contribution is -0.153. The molecule has 0 unspecified atom stereocenters. The van der Waals surface area contributed by atoms with E-state index in [2.05, 4.69) is 25.6 Å². The van der Waals surface area contributed by atoms with Crippen molar-refractivity contribution in [3.05, 3.63) is 60.0 Å². The molecule has 0 aliphatic heterocycles. The molecular formula is C22H25F3N6O2S. The molecule has 0 saturated heterocycles. The molecule has 0 aliphatic rings. The summed E-state index contributed by atoms with van der Waals surface area (Å²) in [5.74, 6) is 0.242. The van der Waals surface area contributed by atoms with Crippen LogP contribution in [0.4, 0.5) is 24.8 Å². The second kappa shape index (κ2) is 11.5. The first kappa shape index (κ1) is 26.7. The molecule has 2 heterocycles. The predicted molar refractivity (Wildman–Crippen MR) is 128 cm³/mol. The Morgan fingerprint density at radius 2 is 1.91 bits per heavy atom. The molecule has 4 N–H and O–H groups in total. The number of nitrogens with one attached hydrogen (secondary N) is 2. The van der Waals surface area contributed by atoms with E-state index < -0.39 is 18.7 Å². The van der Waals surface area contributed by atoms with Crippen molar-refractivity contribution in [3.63, 3.8) is 0 Å². The number of rotatable bonds is 8. The summed E-state index contributed by atoms with van der Waals surface area (Å²) >= 11 is 0. The van der Waals surface area contributed by atoms with Crippen LogP contribution in [-0.4, -0.2) is 47.2 Å². The number of hydrogen-bond donors (Lipinski definition) is 3. The third kappa shape index (κ3) is 7.24. The number of nitrogens with zero attached hydrogens (tertiary/aromatic N) is 3. The van der Waals surface area contributed by atoms with Crippen LogP contribution in [0.15, 0.2) is 48.9 Å². The van der Waals surface area contributed by atoms with E-state index in [1.807, 2.05) is 6.92 Å². The van der Waals surface area contributed by atoms with E-state index in [1.165, 1.54) is 19.4 Å². The highest BCUT2D eigenvalue weighted by molar-refractivity contribution is 7.59. The summed E-state index contributed by atoms with van der Waals surface area (Å²) in [6, 6.07) is 9.63. The van der Waals surface area contributed by atoms with Gasteiger partial charge in [-0.2, -0.15) is 26.7 Å². The smallest absolute Gasteiger partial charge is 0.422 e. The van der Waals surface area contributed by atoms with E-state index in [0.29, 0.717) is 29.4 Å². The van der Waals surface area contributed by atoms with Crippen molar-refractivity contribution >= 4 is 31.0 Å². The van der Waals surface area contributed by atoms with E-state index >= 15 is 0 Å². The largest absolute Gasteiger partial charge is 0.484 e. The minimum atomic E-state index is -4.50. The number of carbonyl (C=O) groups is 1. The fourth-order valence-corrected chi connectivity index (χ4v) is 3.05. The summed E-state index contributed by atoms with van der Waals surface area (Å²) in [7, 11) is 1.44. The average Bonchev–Trinajstić information content (AvgIpc) is 2.80. The second-order valence-electron chi connectivity index (χ2n) is 7.28. The first-order valence-electron chi connectivity index (χ1n) is 9.99. The van der Waals surface area contributed by atoms with Crippen LogP contribution in [-0.2, 0) is 0 Å². The van der Waals surface area contributed by atoms with E-state index in [4.69, 9.17) is 10.5 Å². The highest BCUT2D eigenvalue weighted by Crippen LogP contribution is 2.30. The molecule has 0 aliphatic carbocycles. The molecule has 1 atom stereocenters. The summed E-state index contributed by atoms with van der Waals surface area (Å²) < 4.78 is 43.2. The number of hydrogen-bond acceptors (Lipinski definition) is 7. The van der Waals surface area contributed by atoms with E-state index in [-0.39, 0.29) is 30.7 Å². The van der Waals surface area contributed by atoms with Gasteiger partial charge >= 0.3 is 6.18 Å². The van der Waals surface area contributed by atoms with Crippen molar-refractivity contribution < 1.29 is 22.7 Å². The van der Waals surface area contributed by atoms with Gasteiger partial charge in [0, 0.05) is 42.9 Å². The number of aromatic nitrogens is 3. The van der Waals surface area contributed by atoms with Gasteiger partial charge in [0.15, 0.2) is 6.61 Å². The van der Waals surface area contributed by atoms with Crippen molar-refractivity contribution in [1.29, 1.82) is 0 Å². The molecule has 0 saturated carbocycles. The fraction of sp³-hybridized carbons (Fsp3) is 0.273. The molecule has 0 bridgehead atoms. The van der Waals surface area contributed by atoms with Crippen LogP contribution in [0.1, 0.15) is 28.8 Å². The van der Waals surface area contributed by atoms with Gasteiger partial charge < -0.3 is 21.1 Å². The molecule has 34 heavy (non-hydrogen) atoms. The van der Waals surface area contributed by atoms with Crippen molar-refractivity contribution in [2.24, 2.45) is 0 Å². The van der Waals surface area contributed by atoms with Crippen molar-refractivity contribution in [2.45, 2.75) is 19.0 Å². The van der Waals surface area contributed by atoms with Gasteiger partial charge in [0.2, 0.25) is 0 Å². The number of anilines is 2. The molecule has 3 aromatic rings. The van der Waals surface area contributed by atoms with Crippen LogP contribution in [0.25, 0.3) is 11.3 Å². The zero-order valence-corrected chi connectivity index (χ0v) is 19.5. The van der Waals surface area contributed by atoms with Gasteiger partial charge in [-0.1, -0.05) is 13.0 Å². The topological polar surface area (TPSA) is 115 Å². The lowest BCUT2D eigenvalue weighted by Crippen LogP contribution is -2.22. The highest BCUT2D eigenvalue weighted by atomic mass is 32.1. The number of pyridine rings is 1. The molecule has 1 aromatic carbocycles. The van der Waals surface area contributed by atoms with Gasteiger partial charge in [-0.3, -0.25) is 4.79 Å². The van der Waals surface area contributed by atoms with Gasteiger partial charge in [-0.15, -0.1) is 0 Å². The van der Waals surface area contributed by atoms with Crippen LogP contribution < -0.4 is 21.1 Å². The van der Waals surface area contributed by atoms with Crippen molar-refractivity contribution in [2.75, 3.05) is 31.2 Å². The van der Waals surface area contributed by atoms with Crippen LogP contribution in [0, 0.1) is 0 Å². The van der Waals surface area contributed by atoms with Gasteiger partial charge in [-0.25, -0.2) is 15.0 Å². The van der Waals surface area contributed by atoms with Crippen molar-refractivity contribution in [1.82, 2.24) is 20.3 Å². The molecule has 0 radical (unpaired) electrons. The van der Waals surface area contributed by atoms with Crippen LogP contribution >= 0.6 is 13.5 Å². The number of amides is 1. The maximum Gasteiger partial charge on any atom is 0.422 e. The Bertz CT molecular complexity index is 1110. The van der Waals surface area contributed by atoms with Crippen LogP contribution in [0.2, 0.25) is 0 Å². The Kier molecular flexibility index (Phi) is 9.07. The molecule has 182 valence electrons. The lowest BCUT2D eigenvalue weighted by Gasteiger charge is -2.19. The van der Waals surface area contributed by atoms with Gasteiger partial charge in [-0.05, 0) is 29.8 Å². The number of alkyl halides is 3. The standard InChI is InChI=1S/C22H23F3N6O2.H2S/c1-13(9-29-20-8-17(30-12-31-20)15-4-6-19(26)28-10-15)16-5-3-14(21(32)27-2)7-18(16)33-11-22(23,24)25;/h3-8,10,12-13H,9,11H2,1-2H3,(H2,26,28)(H,27,32)(H,29,30,31);1H2/t13-;/m1./s1. The zero-order chi connectivity index (χ0) is 24.0. The minimum Gasteiger partial charge on any atom is -0.484 e. The zero-order valence-electron chi connectivity index (χ0n) is 18.5. The maximum absolute atomic E-state index is 12.7. The Morgan fingerprint density at radius 3 is 2.56 bits per heavy atom. The normalized spacial score (nSPS) is 11.8. The van der Waals surface area contributed by atoms with Crippen LogP contribution in [0.3, 0.4) is 0 Å². The SMILES string of the molecule is CNC(=O)c1ccc([C@H](C)CNc2cc(-c3ccc(N)nc3)ncn2)c(OCC(F)(F)F)c1.S. The Labute approximate surface area is 201 Å². The summed E-state index contributed by atoms with van der Waals surface area (Å²) in [5, 5.41) is 5.60. The molecule has 2 aromatic heterocycles. The minimum absolute atomic E-state index is 0. The number of halogens is 3. The second-order valence-corrected chi connectivity index (χ2v) is 7.28. The molecule has 1 amide bonds. The molecule has 0 fully saturated rings. The molecule has 0 spiro atoms.